The van der Waals surface area contributed by atoms with E-state index >= 15 is 0 Å². The van der Waals surface area contributed by atoms with Crippen LogP contribution < -0.4 is 5.73 Å². The Morgan fingerprint density at radius 1 is 1.05 bits per heavy atom. The van der Waals surface area contributed by atoms with Gasteiger partial charge in [-0.05, 0) is 30.5 Å². The van der Waals surface area contributed by atoms with Crippen molar-refractivity contribution in [3.63, 3.8) is 0 Å². The molecule has 1 aromatic rings. The first-order chi connectivity index (χ1) is 10.1. The van der Waals surface area contributed by atoms with Crippen molar-refractivity contribution in [2.75, 3.05) is 13.1 Å². The van der Waals surface area contributed by atoms with Crippen LogP contribution in [-0.4, -0.2) is 24.0 Å². The van der Waals surface area contributed by atoms with Crippen LogP contribution in [0.1, 0.15) is 58.6 Å². The van der Waals surface area contributed by atoms with Crippen LogP contribution >= 0.6 is 15.9 Å². The van der Waals surface area contributed by atoms with Gasteiger partial charge in [0.25, 0.3) is 0 Å². The van der Waals surface area contributed by atoms with E-state index in [1.54, 1.807) is 0 Å². The molecule has 1 aromatic carbocycles. The molecule has 0 aliphatic heterocycles. The Bertz CT molecular complexity index is 404. The molecule has 0 aliphatic rings. The fourth-order valence-electron chi connectivity index (χ4n) is 2.95. The first-order valence-electron chi connectivity index (χ1n) is 8.32. The van der Waals surface area contributed by atoms with E-state index in [0.717, 1.165) is 25.4 Å². The fraction of sp³-hybridized carbons (Fsp3) is 0.667. The monoisotopic (exact) mass is 354 g/mol. The van der Waals surface area contributed by atoms with E-state index in [-0.39, 0.29) is 12.1 Å². The lowest BCUT2D eigenvalue weighted by molar-refractivity contribution is 0.147. The van der Waals surface area contributed by atoms with Gasteiger partial charge in [-0.1, -0.05) is 74.7 Å². The molecule has 2 nitrogen and oxygen atoms in total. The van der Waals surface area contributed by atoms with Crippen molar-refractivity contribution in [1.82, 2.24) is 4.90 Å². The third-order valence-corrected chi connectivity index (χ3v) is 5.27. The molecule has 21 heavy (non-hydrogen) atoms. The lowest BCUT2D eigenvalue weighted by atomic mass is 9.94. The Labute approximate surface area is 139 Å². The zero-order valence-corrected chi connectivity index (χ0v) is 15.6. The van der Waals surface area contributed by atoms with Gasteiger partial charge in [0.2, 0.25) is 0 Å². The highest BCUT2D eigenvalue weighted by Crippen LogP contribution is 2.31. The Kier molecular flexibility index (Phi) is 8.53. The zero-order chi connectivity index (χ0) is 15.8. The molecule has 0 heterocycles. The maximum Gasteiger partial charge on any atom is 0.0510 e. The Hall–Kier alpha value is -0.380. The summed E-state index contributed by atoms with van der Waals surface area (Å²) in [7, 11) is 0. The van der Waals surface area contributed by atoms with E-state index in [2.05, 4.69) is 72.8 Å². The predicted octanol–water partition coefficient (Wildman–Crippen LogP) is 4.99. The first-order valence-corrected chi connectivity index (χ1v) is 9.12. The van der Waals surface area contributed by atoms with Crippen molar-refractivity contribution in [3.05, 3.63) is 34.3 Å². The molecule has 0 aromatic heterocycles. The number of rotatable bonds is 9. The van der Waals surface area contributed by atoms with Gasteiger partial charge in [-0.15, -0.1) is 0 Å². The number of hydrogen-bond acceptors (Lipinski definition) is 2. The second-order valence-corrected chi connectivity index (χ2v) is 6.66. The van der Waals surface area contributed by atoms with Gasteiger partial charge in [0.15, 0.2) is 0 Å². The number of nitrogens with two attached hydrogens (primary N) is 1. The van der Waals surface area contributed by atoms with Crippen molar-refractivity contribution >= 4 is 15.9 Å². The van der Waals surface area contributed by atoms with Gasteiger partial charge in [-0.3, -0.25) is 4.90 Å². The topological polar surface area (TPSA) is 29.3 Å². The van der Waals surface area contributed by atoms with Crippen LogP contribution in [0.4, 0.5) is 0 Å². The van der Waals surface area contributed by atoms with Gasteiger partial charge in [0, 0.05) is 17.1 Å². The lowest BCUT2D eigenvalue weighted by Gasteiger charge is -2.37. The highest BCUT2D eigenvalue weighted by atomic mass is 79.9. The van der Waals surface area contributed by atoms with E-state index in [9.17, 15) is 0 Å². The molecular weight excluding hydrogens is 324 g/mol. The molecule has 0 saturated carbocycles. The standard InChI is InChI=1S/C18H31BrN2/c1-5-14(6-2)13-21(8-4)18(17(20)7-3)15-11-9-10-12-16(15)19/h9-12,14,17-18H,5-8,13,20H2,1-4H3. The molecule has 0 saturated heterocycles. The second-order valence-electron chi connectivity index (χ2n) is 5.81. The van der Waals surface area contributed by atoms with E-state index < -0.39 is 0 Å². The fourth-order valence-corrected chi connectivity index (χ4v) is 3.47. The highest BCUT2D eigenvalue weighted by Gasteiger charge is 2.27. The Morgan fingerprint density at radius 2 is 1.67 bits per heavy atom. The molecule has 2 unspecified atom stereocenters. The number of halogens is 1. The van der Waals surface area contributed by atoms with E-state index in [0.29, 0.717) is 0 Å². The Balaban J connectivity index is 3.08. The number of benzene rings is 1. The van der Waals surface area contributed by atoms with Crippen LogP contribution in [0.5, 0.6) is 0 Å². The van der Waals surface area contributed by atoms with Crippen LogP contribution in [0.3, 0.4) is 0 Å². The third kappa shape index (κ3) is 5.08. The summed E-state index contributed by atoms with van der Waals surface area (Å²) in [6.07, 6.45) is 3.46. The summed E-state index contributed by atoms with van der Waals surface area (Å²) in [5, 5.41) is 0. The summed E-state index contributed by atoms with van der Waals surface area (Å²) >= 11 is 3.71. The maximum atomic E-state index is 6.49. The van der Waals surface area contributed by atoms with Crippen LogP contribution in [0.15, 0.2) is 28.7 Å². The summed E-state index contributed by atoms with van der Waals surface area (Å²) in [4.78, 5) is 2.56. The average molecular weight is 355 g/mol. The minimum absolute atomic E-state index is 0.165. The van der Waals surface area contributed by atoms with Crippen molar-refractivity contribution in [1.29, 1.82) is 0 Å². The first kappa shape index (κ1) is 18.7. The molecule has 0 radical (unpaired) electrons. The van der Waals surface area contributed by atoms with Crippen molar-refractivity contribution in [3.8, 4) is 0 Å². The molecule has 0 bridgehead atoms. The minimum atomic E-state index is 0.165. The smallest absolute Gasteiger partial charge is 0.0510 e. The lowest BCUT2D eigenvalue weighted by Crippen LogP contribution is -2.43. The predicted molar refractivity (Wildman–Crippen MR) is 96.5 cm³/mol. The maximum absolute atomic E-state index is 6.49. The molecule has 1 rings (SSSR count). The van der Waals surface area contributed by atoms with E-state index in [1.165, 1.54) is 22.9 Å². The van der Waals surface area contributed by atoms with Gasteiger partial charge >= 0.3 is 0 Å². The average Bonchev–Trinajstić information content (AvgIpc) is 2.52. The number of hydrogen-bond donors (Lipinski definition) is 1. The van der Waals surface area contributed by atoms with Gasteiger partial charge < -0.3 is 5.73 Å². The molecule has 0 spiro atoms. The molecule has 0 aliphatic carbocycles. The normalized spacial score (nSPS) is 14.7. The van der Waals surface area contributed by atoms with Crippen LogP contribution in [-0.2, 0) is 0 Å². The summed E-state index contributed by atoms with van der Waals surface area (Å²) in [6.45, 7) is 11.2. The molecule has 0 amide bonds. The SMILES string of the molecule is CCC(CC)CN(CC)C(c1ccccc1Br)C(N)CC. The summed E-state index contributed by atoms with van der Waals surface area (Å²) in [5.41, 5.74) is 7.81. The minimum Gasteiger partial charge on any atom is -0.326 e. The largest absolute Gasteiger partial charge is 0.326 e. The van der Waals surface area contributed by atoms with Crippen LogP contribution in [0.2, 0.25) is 0 Å². The molecule has 120 valence electrons. The zero-order valence-electron chi connectivity index (χ0n) is 14.0. The van der Waals surface area contributed by atoms with E-state index in [4.69, 9.17) is 5.73 Å². The second kappa shape index (κ2) is 9.60. The molecular formula is C18H31BrN2. The van der Waals surface area contributed by atoms with Gasteiger partial charge in [0.05, 0.1) is 6.04 Å². The molecule has 3 heteroatoms. The summed E-state index contributed by atoms with van der Waals surface area (Å²) in [5.74, 6) is 0.749. The van der Waals surface area contributed by atoms with Gasteiger partial charge in [-0.25, -0.2) is 0 Å². The summed E-state index contributed by atoms with van der Waals surface area (Å²) in [6, 6.07) is 8.96. The molecule has 2 N–H and O–H groups in total. The Morgan fingerprint density at radius 3 is 2.14 bits per heavy atom. The molecule has 0 fully saturated rings. The number of likely N-dealkylation sites (N-methyl/N-ethyl adjacent to an activating group) is 1. The summed E-state index contributed by atoms with van der Waals surface area (Å²) < 4.78 is 1.17. The quantitative estimate of drug-likeness (QED) is 0.676. The van der Waals surface area contributed by atoms with Gasteiger partial charge in [-0.2, -0.15) is 0 Å². The molecule has 2 atom stereocenters. The van der Waals surface area contributed by atoms with Gasteiger partial charge in [0.1, 0.15) is 0 Å². The highest BCUT2D eigenvalue weighted by molar-refractivity contribution is 9.10. The van der Waals surface area contributed by atoms with Crippen molar-refractivity contribution in [2.24, 2.45) is 11.7 Å². The third-order valence-electron chi connectivity index (χ3n) is 4.55. The van der Waals surface area contributed by atoms with Crippen molar-refractivity contribution < 1.29 is 0 Å². The van der Waals surface area contributed by atoms with Crippen molar-refractivity contribution in [2.45, 2.75) is 59.0 Å². The number of nitrogens with zero attached hydrogens (tertiary/aromatic N) is 1. The van der Waals surface area contributed by atoms with E-state index in [1.807, 2.05) is 0 Å². The van der Waals surface area contributed by atoms with Crippen LogP contribution in [0.25, 0.3) is 0 Å². The van der Waals surface area contributed by atoms with Crippen LogP contribution in [0, 0.1) is 5.92 Å².